The van der Waals surface area contributed by atoms with Crippen LogP contribution >= 0.6 is 0 Å². The summed E-state index contributed by atoms with van der Waals surface area (Å²) in [7, 11) is 0. The molecular formula is C14H31Al. The average molecular weight is 226 g/mol. The molecule has 0 bridgehead atoms. The van der Waals surface area contributed by atoms with E-state index in [0.717, 1.165) is 17.8 Å². The molecule has 0 amide bonds. The highest BCUT2D eigenvalue weighted by molar-refractivity contribution is 6.08. The zero-order chi connectivity index (χ0) is 11.7. The molecule has 90 valence electrons. The van der Waals surface area contributed by atoms with Gasteiger partial charge in [0.05, 0.1) is 0 Å². The first-order valence-corrected chi connectivity index (χ1v) is 8.47. The van der Waals surface area contributed by atoms with Gasteiger partial charge >= 0.3 is 0 Å². The number of rotatable bonds is 9. The molecule has 0 fully saturated rings. The van der Waals surface area contributed by atoms with E-state index in [0.29, 0.717) is 0 Å². The maximum atomic E-state index is 2.35. The van der Waals surface area contributed by atoms with Crippen molar-refractivity contribution in [2.45, 2.75) is 71.5 Å². The van der Waals surface area contributed by atoms with Crippen LogP contribution in [0.15, 0.2) is 0 Å². The zero-order valence-corrected chi connectivity index (χ0v) is 13.7. The van der Waals surface area contributed by atoms with E-state index in [1.54, 1.807) is 0 Å². The molecule has 0 N–H and O–H groups in total. The zero-order valence-electron chi connectivity index (χ0n) is 11.7. The Kier molecular flexibility index (Phi) is 10.1. The van der Waals surface area contributed by atoms with Gasteiger partial charge < -0.3 is 0 Å². The van der Waals surface area contributed by atoms with Gasteiger partial charge in [-0.3, -0.25) is 0 Å². The predicted molar refractivity (Wildman–Crippen MR) is 74.2 cm³/mol. The lowest BCUT2D eigenvalue weighted by atomic mass is 9.88. The van der Waals surface area contributed by atoms with Gasteiger partial charge in [0.15, 0.2) is 0 Å². The van der Waals surface area contributed by atoms with Crippen LogP contribution in [0.5, 0.6) is 0 Å². The summed E-state index contributed by atoms with van der Waals surface area (Å²) in [5.74, 6) is 2.81. The minimum absolute atomic E-state index is 0.891. The second-order valence-electron chi connectivity index (χ2n) is 5.95. The maximum Gasteiger partial charge on any atom is 0.211 e. The van der Waals surface area contributed by atoms with Crippen LogP contribution in [0.25, 0.3) is 0 Å². The molecule has 0 spiro atoms. The second-order valence-corrected chi connectivity index (χ2v) is 6.95. The van der Waals surface area contributed by atoms with Gasteiger partial charge in [-0.25, -0.2) is 0 Å². The lowest BCUT2D eigenvalue weighted by Gasteiger charge is -2.18. The molecule has 0 nitrogen and oxygen atoms in total. The van der Waals surface area contributed by atoms with E-state index in [1.165, 1.54) is 60.1 Å². The lowest BCUT2D eigenvalue weighted by molar-refractivity contribution is 0.348. The van der Waals surface area contributed by atoms with E-state index in [4.69, 9.17) is 0 Å². The van der Waals surface area contributed by atoms with Gasteiger partial charge in [-0.2, -0.15) is 0 Å². The minimum Gasteiger partial charge on any atom is -0.101 e. The van der Waals surface area contributed by atoms with Gasteiger partial charge in [-0.05, 0) is 17.8 Å². The fourth-order valence-corrected chi connectivity index (χ4v) is 2.47. The number of hydrogen-bond donors (Lipinski definition) is 0. The van der Waals surface area contributed by atoms with E-state index in [9.17, 15) is 0 Å². The molecule has 0 radical (unpaired) electrons. The molecule has 0 saturated heterocycles. The first-order chi connectivity index (χ1) is 7.06. The molecule has 0 aromatic heterocycles. The average Bonchev–Trinajstić information content (AvgIpc) is 2.16. The van der Waals surface area contributed by atoms with E-state index in [2.05, 4.69) is 27.7 Å². The largest absolute Gasteiger partial charge is 0.211 e. The van der Waals surface area contributed by atoms with Crippen LogP contribution in [0.3, 0.4) is 0 Å². The molecule has 0 aliphatic rings. The van der Waals surface area contributed by atoms with Crippen molar-refractivity contribution >= 4 is 16.3 Å². The monoisotopic (exact) mass is 226 g/mol. The third-order valence-corrected chi connectivity index (χ3v) is 3.98. The Bertz CT molecular complexity index is 117. The first-order valence-electron chi connectivity index (χ1n) is 7.06. The molecule has 0 unspecified atom stereocenters. The quantitative estimate of drug-likeness (QED) is 0.514. The summed E-state index contributed by atoms with van der Waals surface area (Å²) in [4.78, 5) is 0. The fraction of sp³-hybridized carbons (Fsp3) is 1.00. The first kappa shape index (κ1) is 15.5. The molecule has 0 atom stereocenters. The molecule has 0 rings (SSSR count). The van der Waals surface area contributed by atoms with Crippen LogP contribution < -0.4 is 0 Å². The van der Waals surface area contributed by atoms with E-state index >= 15 is 0 Å². The summed E-state index contributed by atoms with van der Waals surface area (Å²) >= 11 is 1.40. The predicted octanol–water partition coefficient (Wildman–Crippen LogP) is 4.31. The van der Waals surface area contributed by atoms with Crippen molar-refractivity contribution in [3.63, 3.8) is 0 Å². The third-order valence-electron chi connectivity index (χ3n) is 3.27. The SMILES string of the molecule is CC(C)CCC(CC[CH2][AlH2])CCC(C)C. The van der Waals surface area contributed by atoms with Crippen molar-refractivity contribution < 1.29 is 0 Å². The maximum absolute atomic E-state index is 2.35. The highest BCUT2D eigenvalue weighted by atomic mass is 27.0. The smallest absolute Gasteiger partial charge is 0.101 e. The molecule has 15 heavy (non-hydrogen) atoms. The Balaban J connectivity index is 3.73. The molecular weight excluding hydrogens is 195 g/mol. The Morgan fingerprint density at radius 3 is 1.53 bits per heavy atom. The van der Waals surface area contributed by atoms with Gasteiger partial charge in [-0.1, -0.05) is 66.2 Å². The standard InChI is InChI=1S/C14H29.Al.2H/c1-6-7-14(10-8-12(2)3)11-9-13(4)5;;;/h12-14H,1,6-11H2,2-5H3;;;. The van der Waals surface area contributed by atoms with Crippen molar-refractivity contribution in [2.75, 3.05) is 0 Å². The van der Waals surface area contributed by atoms with Gasteiger partial charge in [0.1, 0.15) is 0 Å². The Labute approximate surface area is 106 Å². The topological polar surface area (TPSA) is 0 Å². The lowest BCUT2D eigenvalue weighted by Crippen LogP contribution is -2.04. The van der Waals surface area contributed by atoms with Crippen molar-refractivity contribution in [3.05, 3.63) is 0 Å². The molecule has 0 aliphatic heterocycles. The Morgan fingerprint density at radius 1 is 0.733 bits per heavy atom. The summed E-state index contributed by atoms with van der Waals surface area (Å²) < 4.78 is 0. The minimum atomic E-state index is 0.891. The van der Waals surface area contributed by atoms with E-state index in [-0.39, 0.29) is 0 Å². The molecule has 0 heterocycles. The molecule has 1 heteroatoms. The van der Waals surface area contributed by atoms with Crippen molar-refractivity contribution in [1.29, 1.82) is 0 Å². The highest BCUT2D eigenvalue weighted by Gasteiger charge is 2.10. The van der Waals surface area contributed by atoms with Gasteiger partial charge in [0.25, 0.3) is 0 Å². The van der Waals surface area contributed by atoms with E-state index < -0.39 is 0 Å². The van der Waals surface area contributed by atoms with Crippen molar-refractivity contribution in [1.82, 2.24) is 0 Å². The highest BCUT2D eigenvalue weighted by Crippen LogP contribution is 2.24. The van der Waals surface area contributed by atoms with Crippen LogP contribution in [0.1, 0.15) is 66.2 Å². The molecule has 0 aliphatic carbocycles. The third kappa shape index (κ3) is 10.8. The van der Waals surface area contributed by atoms with Crippen LogP contribution in [-0.2, 0) is 0 Å². The van der Waals surface area contributed by atoms with Gasteiger partial charge in [0, 0.05) is 0 Å². The summed E-state index contributed by atoms with van der Waals surface area (Å²) in [6.07, 6.45) is 8.82. The molecule has 0 aromatic rings. The summed E-state index contributed by atoms with van der Waals surface area (Å²) in [6.45, 7) is 9.41. The summed E-state index contributed by atoms with van der Waals surface area (Å²) in [6, 6.07) is 0. The second kappa shape index (κ2) is 9.74. The van der Waals surface area contributed by atoms with E-state index in [1.807, 2.05) is 0 Å². The van der Waals surface area contributed by atoms with Crippen molar-refractivity contribution in [3.8, 4) is 0 Å². The number of hydrogen-bond acceptors (Lipinski definition) is 0. The normalized spacial score (nSPS) is 11.9. The molecule has 0 saturated carbocycles. The van der Waals surface area contributed by atoms with Crippen molar-refractivity contribution in [2.24, 2.45) is 17.8 Å². The van der Waals surface area contributed by atoms with Crippen LogP contribution in [0.4, 0.5) is 0 Å². The fourth-order valence-electron chi connectivity index (χ4n) is 2.06. The summed E-state index contributed by atoms with van der Waals surface area (Å²) in [5, 5.41) is 1.50. The van der Waals surface area contributed by atoms with Gasteiger partial charge in [-0.15, -0.1) is 5.28 Å². The molecule has 0 aromatic carbocycles. The van der Waals surface area contributed by atoms with Crippen LogP contribution in [-0.4, -0.2) is 16.3 Å². The van der Waals surface area contributed by atoms with Crippen LogP contribution in [0.2, 0.25) is 5.28 Å². The Morgan fingerprint density at radius 2 is 1.20 bits per heavy atom. The van der Waals surface area contributed by atoms with Gasteiger partial charge in [0.2, 0.25) is 16.3 Å². The van der Waals surface area contributed by atoms with Crippen LogP contribution in [0, 0.1) is 17.8 Å². The summed E-state index contributed by atoms with van der Waals surface area (Å²) in [5.41, 5.74) is 0. The Hall–Kier alpha value is 0.532.